The normalized spacial score (nSPS) is 13.1. The Morgan fingerprint density at radius 1 is 0.526 bits per heavy atom. The minimum atomic E-state index is -1.51. The molecule has 0 aromatic rings. The van der Waals surface area contributed by atoms with Gasteiger partial charge in [-0.05, 0) is 44.9 Å². The quantitative estimate of drug-likeness (QED) is 0.0213. The van der Waals surface area contributed by atoms with Gasteiger partial charge in [-0.25, -0.2) is 4.79 Å². The first-order valence-electron chi connectivity index (χ1n) is 23.5. The van der Waals surface area contributed by atoms with E-state index in [9.17, 15) is 19.5 Å². The number of carboxylic acid groups (broad SMARTS) is 1. The second-order valence-corrected chi connectivity index (χ2v) is 17.1. The number of carbonyl (C=O) groups is 3. The standard InChI is InChI=1S/C48H89NO8/c1-6-8-10-12-14-16-18-20-21-22-23-24-25-27-29-31-33-35-37-39-46(51)57-44(43-56-48(47(52)53)54-41-40-49(3,4)5)42-55-45(50)38-36-34-32-30-28-26-19-17-15-13-11-9-7-2/h14,16,20-21,44,48H,6-13,15,17-19,22-43H2,1-5H3/p+1/b16-14-,21-20-. The molecule has 1 N–H and O–H groups in total. The lowest BCUT2D eigenvalue weighted by molar-refractivity contribution is -0.870. The molecule has 0 bridgehead atoms. The Labute approximate surface area is 350 Å². The van der Waals surface area contributed by atoms with E-state index >= 15 is 0 Å². The number of likely N-dealkylation sites (N-methyl/N-ethyl adjacent to an activating group) is 1. The van der Waals surface area contributed by atoms with Crippen molar-refractivity contribution in [2.75, 3.05) is 47.5 Å². The van der Waals surface area contributed by atoms with Gasteiger partial charge in [-0.15, -0.1) is 0 Å². The summed E-state index contributed by atoms with van der Waals surface area (Å²) in [6.45, 7) is 4.85. The first-order chi connectivity index (χ1) is 27.6. The summed E-state index contributed by atoms with van der Waals surface area (Å²) in [6, 6.07) is 0. The van der Waals surface area contributed by atoms with Crippen molar-refractivity contribution in [3.8, 4) is 0 Å². The van der Waals surface area contributed by atoms with Crippen LogP contribution in [-0.4, -0.2) is 87.4 Å². The largest absolute Gasteiger partial charge is 0.477 e. The van der Waals surface area contributed by atoms with Gasteiger partial charge in [0.25, 0.3) is 6.29 Å². The number of quaternary nitrogens is 1. The van der Waals surface area contributed by atoms with Gasteiger partial charge in [-0.2, -0.15) is 0 Å². The number of allylic oxidation sites excluding steroid dienone is 4. The molecule has 0 fully saturated rings. The van der Waals surface area contributed by atoms with Crippen molar-refractivity contribution < 1.29 is 42.9 Å². The number of hydrogen-bond acceptors (Lipinski definition) is 7. The van der Waals surface area contributed by atoms with Gasteiger partial charge in [-0.3, -0.25) is 9.59 Å². The van der Waals surface area contributed by atoms with Crippen molar-refractivity contribution in [3.05, 3.63) is 24.3 Å². The van der Waals surface area contributed by atoms with Crippen LogP contribution < -0.4 is 0 Å². The lowest BCUT2D eigenvalue weighted by atomic mass is 10.0. The van der Waals surface area contributed by atoms with Crippen LogP contribution in [0.5, 0.6) is 0 Å². The van der Waals surface area contributed by atoms with Crippen molar-refractivity contribution >= 4 is 17.9 Å². The number of esters is 2. The van der Waals surface area contributed by atoms with E-state index in [1.807, 2.05) is 21.1 Å². The Balaban J connectivity index is 4.38. The average molecular weight is 809 g/mol. The third-order valence-corrected chi connectivity index (χ3v) is 10.2. The third kappa shape index (κ3) is 41.7. The van der Waals surface area contributed by atoms with Gasteiger partial charge in [0.05, 0.1) is 34.4 Å². The summed E-state index contributed by atoms with van der Waals surface area (Å²) in [7, 11) is 5.96. The highest BCUT2D eigenvalue weighted by Gasteiger charge is 2.25. The van der Waals surface area contributed by atoms with Crippen LogP contribution in [0.25, 0.3) is 0 Å². The molecule has 0 aliphatic carbocycles. The van der Waals surface area contributed by atoms with Crippen LogP contribution in [0.15, 0.2) is 24.3 Å². The molecule has 334 valence electrons. The van der Waals surface area contributed by atoms with Gasteiger partial charge in [0.15, 0.2) is 6.10 Å². The molecule has 2 atom stereocenters. The number of unbranched alkanes of at least 4 members (excludes halogenated alkanes) is 24. The van der Waals surface area contributed by atoms with Crippen LogP contribution in [0.1, 0.15) is 206 Å². The molecule has 0 spiro atoms. The molecule has 0 aliphatic heterocycles. The molecule has 0 aromatic carbocycles. The third-order valence-electron chi connectivity index (χ3n) is 10.2. The van der Waals surface area contributed by atoms with Gasteiger partial charge in [-0.1, -0.05) is 173 Å². The lowest BCUT2D eigenvalue weighted by Crippen LogP contribution is -2.40. The first kappa shape index (κ1) is 54.8. The van der Waals surface area contributed by atoms with Crippen LogP contribution in [0.2, 0.25) is 0 Å². The van der Waals surface area contributed by atoms with E-state index in [-0.39, 0.29) is 32.2 Å². The molecule has 0 aliphatic rings. The van der Waals surface area contributed by atoms with Gasteiger partial charge in [0, 0.05) is 12.8 Å². The minimum Gasteiger partial charge on any atom is -0.477 e. The van der Waals surface area contributed by atoms with Crippen molar-refractivity contribution in [2.45, 2.75) is 219 Å². The van der Waals surface area contributed by atoms with E-state index in [1.54, 1.807) is 0 Å². The molecule has 9 heteroatoms. The van der Waals surface area contributed by atoms with E-state index in [1.165, 1.54) is 128 Å². The lowest BCUT2D eigenvalue weighted by Gasteiger charge is -2.25. The number of nitrogens with zero attached hydrogens (tertiary/aromatic N) is 1. The number of carbonyl (C=O) groups excluding carboxylic acids is 2. The molecule has 0 heterocycles. The van der Waals surface area contributed by atoms with Gasteiger partial charge >= 0.3 is 17.9 Å². The van der Waals surface area contributed by atoms with Crippen LogP contribution in [-0.2, 0) is 33.3 Å². The number of ether oxygens (including phenoxy) is 4. The van der Waals surface area contributed by atoms with E-state index < -0.39 is 24.3 Å². The Bertz CT molecular complexity index is 991. The zero-order valence-corrected chi connectivity index (χ0v) is 37.8. The van der Waals surface area contributed by atoms with Crippen LogP contribution in [0.4, 0.5) is 0 Å². The summed E-state index contributed by atoms with van der Waals surface area (Å²) in [4.78, 5) is 37.1. The molecular weight excluding hydrogens is 719 g/mol. The average Bonchev–Trinajstić information content (AvgIpc) is 3.17. The zero-order chi connectivity index (χ0) is 42.1. The molecular formula is C48H90NO8+. The SMILES string of the molecule is CCCCC/C=C\C/C=C\CCCCCCCCCCCC(=O)OC(COC(=O)CCCCCCCCCCCCCCC)COC(OCC[N+](C)(C)C)C(=O)O. The summed E-state index contributed by atoms with van der Waals surface area (Å²) in [6.07, 6.45) is 40.8. The summed E-state index contributed by atoms with van der Waals surface area (Å²) >= 11 is 0. The second kappa shape index (κ2) is 40.5. The monoisotopic (exact) mass is 809 g/mol. The van der Waals surface area contributed by atoms with Crippen LogP contribution in [0, 0.1) is 0 Å². The molecule has 0 rings (SSSR count). The molecule has 9 nitrogen and oxygen atoms in total. The van der Waals surface area contributed by atoms with Crippen molar-refractivity contribution in [3.63, 3.8) is 0 Å². The fourth-order valence-corrected chi connectivity index (χ4v) is 6.51. The molecule has 0 saturated heterocycles. The van der Waals surface area contributed by atoms with Crippen LogP contribution in [0.3, 0.4) is 0 Å². The summed E-state index contributed by atoms with van der Waals surface area (Å²) in [5, 5.41) is 9.64. The van der Waals surface area contributed by atoms with E-state index in [0.29, 0.717) is 17.4 Å². The van der Waals surface area contributed by atoms with Crippen molar-refractivity contribution in [1.29, 1.82) is 0 Å². The Morgan fingerprint density at radius 3 is 1.42 bits per heavy atom. The number of hydrogen-bond donors (Lipinski definition) is 1. The van der Waals surface area contributed by atoms with E-state index in [4.69, 9.17) is 18.9 Å². The minimum absolute atomic E-state index is 0.180. The highest BCUT2D eigenvalue weighted by Crippen LogP contribution is 2.15. The van der Waals surface area contributed by atoms with Gasteiger partial charge in [0.1, 0.15) is 13.2 Å². The predicted molar refractivity (Wildman–Crippen MR) is 235 cm³/mol. The molecule has 0 saturated carbocycles. The highest BCUT2D eigenvalue weighted by molar-refractivity contribution is 5.71. The summed E-state index contributed by atoms with van der Waals surface area (Å²) < 4.78 is 22.8. The number of aliphatic carboxylic acids is 1. The predicted octanol–water partition coefficient (Wildman–Crippen LogP) is 12.4. The van der Waals surface area contributed by atoms with E-state index in [0.717, 1.165) is 51.4 Å². The Hall–Kier alpha value is -2.23. The summed E-state index contributed by atoms with van der Waals surface area (Å²) in [5.74, 6) is -2.00. The summed E-state index contributed by atoms with van der Waals surface area (Å²) in [5.41, 5.74) is 0. The number of rotatable bonds is 43. The van der Waals surface area contributed by atoms with Crippen molar-refractivity contribution in [2.24, 2.45) is 0 Å². The molecule has 57 heavy (non-hydrogen) atoms. The molecule has 0 radical (unpaired) electrons. The second-order valence-electron chi connectivity index (χ2n) is 17.1. The first-order valence-corrected chi connectivity index (χ1v) is 23.5. The fraction of sp³-hybridized carbons (Fsp3) is 0.854. The van der Waals surface area contributed by atoms with Crippen LogP contribution >= 0.6 is 0 Å². The van der Waals surface area contributed by atoms with Gasteiger partial charge < -0.3 is 28.5 Å². The molecule has 2 unspecified atom stereocenters. The maximum atomic E-state index is 12.8. The zero-order valence-electron chi connectivity index (χ0n) is 37.8. The smallest absolute Gasteiger partial charge is 0.361 e. The van der Waals surface area contributed by atoms with Gasteiger partial charge in [0.2, 0.25) is 0 Å². The maximum absolute atomic E-state index is 12.8. The van der Waals surface area contributed by atoms with Crippen molar-refractivity contribution in [1.82, 2.24) is 0 Å². The number of carboxylic acids is 1. The topological polar surface area (TPSA) is 108 Å². The Kier molecular flexibility index (Phi) is 39.0. The highest BCUT2D eigenvalue weighted by atomic mass is 16.7. The van der Waals surface area contributed by atoms with E-state index in [2.05, 4.69) is 38.2 Å². The Morgan fingerprint density at radius 2 is 0.947 bits per heavy atom. The molecule has 0 aromatic heterocycles. The maximum Gasteiger partial charge on any atom is 0.361 e. The molecule has 0 amide bonds. The fourth-order valence-electron chi connectivity index (χ4n) is 6.51.